The van der Waals surface area contributed by atoms with E-state index in [1.807, 2.05) is 5.32 Å². The van der Waals surface area contributed by atoms with Crippen LogP contribution in [0.3, 0.4) is 0 Å². The quantitative estimate of drug-likeness (QED) is 0.667. The van der Waals surface area contributed by atoms with Crippen LogP contribution in [0.15, 0.2) is 16.9 Å². The van der Waals surface area contributed by atoms with Crippen molar-refractivity contribution in [1.82, 2.24) is 19.7 Å². The zero-order chi connectivity index (χ0) is 22.8. The molecule has 0 unspecified atom stereocenters. The number of nitrogens with zero attached hydrogens (tertiary/aromatic N) is 3. The number of hydrogen-bond acceptors (Lipinski definition) is 7. The van der Waals surface area contributed by atoms with Gasteiger partial charge < -0.3 is 4.74 Å². The highest BCUT2D eigenvalue weighted by Crippen LogP contribution is 2.31. The lowest BCUT2D eigenvalue weighted by Crippen LogP contribution is -2.25. The number of halogens is 4. The number of sulfonamides is 1. The molecule has 164 valence electrons. The van der Waals surface area contributed by atoms with Gasteiger partial charge in [0, 0.05) is 0 Å². The van der Waals surface area contributed by atoms with Crippen molar-refractivity contribution < 1.29 is 31.5 Å². The second-order valence-corrected chi connectivity index (χ2v) is 8.23. The van der Waals surface area contributed by atoms with Crippen molar-refractivity contribution in [1.29, 1.82) is 0 Å². The first-order valence-corrected chi connectivity index (χ1v) is 10.3. The number of ether oxygens (including phenoxy) is 1. The molecule has 0 atom stereocenters. The van der Waals surface area contributed by atoms with E-state index in [9.17, 15) is 31.6 Å². The number of benzene rings is 1. The maximum Gasteiger partial charge on any atom is 0.414 e. The number of aryl methyl sites for hydroxylation is 1. The van der Waals surface area contributed by atoms with Crippen LogP contribution in [0.4, 0.5) is 19.3 Å². The summed E-state index contributed by atoms with van der Waals surface area (Å²) in [4.78, 5) is 31.9. The van der Waals surface area contributed by atoms with Crippen molar-refractivity contribution in [3.05, 3.63) is 38.5 Å². The van der Waals surface area contributed by atoms with Gasteiger partial charge in [-0.15, -0.1) is 5.10 Å². The van der Waals surface area contributed by atoms with Crippen LogP contribution in [0.5, 0.6) is 0 Å². The maximum atomic E-state index is 12.8. The van der Waals surface area contributed by atoms with Crippen LogP contribution < -0.4 is 15.7 Å². The number of alkyl carbamates (subject to hydrolysis) is 1. The number of carbonyl (C=O) groups excluding carboxylic acids is 2. The molecule has 2 heterocycles. The van der Waals surface area contributed by atoms with E-state index in [1.54, 1.807) is 0 Å². The van der Waals surface area contributed by atoms with E-state index >= 15 is 0 Å². The summed E-state index contributed by atoms with van der Waals surface area (Å²) in [6.07, 6.45) is 0.254. The molecule has 0 aliphatic carbocycles. The summed E-state index contributed by atoms with van der Waals surface area (Å²) in [5.74, 6) is -0.598. The van der Waals surface area contributed by atoms with Crippen LogP contribution in [0.25, 0.3) is 5.69 Å². The van der Waals surface area contributed by atoms with E-state index < -0.39 is 28.4 Å². The highest BCUT2D eigenvalue weighted by atomic mass is 35.5. The predicted octanol–water partition coefficient (Wildman–Crippen LogP) is 1.67. The number of cyclic esters (lactones) is 1. The molecule has 16 heteroatoms. The molecule has 1 aliphatic rings. The summed E-state index contributed by atoms with van der Waals surface area (Å²) in [5, 5.41) is 5.54. The zero-order valence-corrected chi connectivity index (χ0v) is 17.5. The first-order valence-electron chi connectivity index (χ1n) is 7.70. The van der Waals surface area contributed by atoms with Crippen LogP contribution >= 0.6 is 23.2 Å². The minimum atomic E-state index is -3.65. The van der Waals surface area contributed by atoms with Crippen LogP contribution in [-0.2, 0) is 19.6 Å². The lowest BCUT2D eigenvalue weighted by molar-refractivity contribution is -0.119. The van der Waals surface area contributed by atoms with E-state index in [4.69, 9.17) is 23.2 Å². The Hall–Kier alpha value is -2.71. The van der Waals surface area contributed by atoms with Gasteiger partial charge in [0.25, 0.3) is 5.91 Å². The highest BCUT2D eigenvalue weighted by molar-refractivity contribution is 7.92. The number of hydrogen-bond donors (Lipinski definition) is 2. The van der Waals surface area contributed by atoms with E-state index in [2.05, 4.69) is 14.6 Å². The Morgan fingerprint density at radius 3 is 2.27 bits per heavy atom. The molecular formula is C14H13Cl2F2N5O6S. The monoisotopic (exact) mass is 487 g/mol. The molecule has 1 aliphatic heterocycles. The third-order valence-electron chi connectivity index (χ3n) is 3.31. The summed E-state index contributed by atoms with van der Waals surface area (Å²) in [7, 11) is -3.65. The lowest BCUT2D eigenvalue weighted by atomic mass is 10.3. The maximum absolute atomic E-state index is 12.8. The molecule has 0 bridgehead atoms. The molecule has 3 rings (SSSR count). The number of anilines is 1. The summed E-state index contributed by atoms with van der Waals surface area (Å²) in [6, 6.07) is 2.31. The average molecular weight is 488 g/mol. The Bertz CT molecular complexity index is 1150. The molecule has 11 nitrogen and oxygen atoms in total. The van der Waals surface area contributed by atoms with E-state index in [1.165, 1.54) is 13.0 Å². The molecule has 1 aromatic heterocycles. The third-order valence-corrected chi connectivity index (χ3v) is 4.52. The van der Waals surface area contributed by atoms with Crippen molar-refractivity contribution in [2.75, 3.05) is 17.6 Å². The third kappa shape index (κ3) is 5.67. The number of rotatable bonds is 4. The molecule has 0 saturated carbocycles. The van der Waals surface area contributed by atoms with Gasteiger partial charge in [-0.05, 0) is 19.1 Å². The Labute approximate surface area is 177 Å². The van der Waals surface area contributed by atoms with Crippen LogP contribution in [0, 0.1) is 6.92 Å². The number of aromatic nitrogens is 3. The minimum Gasteiger partial charge on any atom is -0.439 e. The Balaban J connectivity index is 0.000000386. The fraction of sp³-hybridized carbons (Fsp3) is 0.286. The number of nitrogens with one attached hydrogen (secondary N) is 2. The van der Waals surface area contributed by atoms with Gasteiger partial charge in [-0.3, -0.25) is 14.8 Å². The molecule has 1 aromatic carbocycles. The highest BCUT2D eigenvalue weighted by Gasteiger charge is 2.21. The normalized spacial score (nSPS) is 13.6. The molecule has 2 aromatic rings. The first-order chi connectivity index (χ1) is 13.8. The predicted molar refractivity (Wildman–Crippen MR) is 102 cm³/mol. The number of alkyl halides is 2. The van der Waals surface area contributed by atoms with Crippen LogP contribution in [0.1, 0.15) is 12.4 Å². The molecule has 0 radical (unpaired) electrons. The van der Waals surface area contributed by atoms with Crippen molar-refractivity contribution in [2.24, 2.45) is 0 Å². The van der Waals surface area contributed by atoms with Gasteiger partial charge in [-0.1, -0.05) is 23.2 Å². The number of carbonyl (C=O) groups is 2. The Morgan fingerprint density at radius 1 is 1.23 bits per heavy atom. The zero-order valence-electron chi connectivity index (χ0n) is 15.2. The SMILES string of the molecule is Cc1nn(-c2cc(NS(C)(=O)=O)c(Cl)cc2Cl)c(=O)n1C(F)F.O=C1COC(=O)N1. The summed E-state index contributed by atoms with van der Waals surface area (Å²) >= 11 is 11.8. The fourth-order valence-electron chi connectivity index (χ4n) is 2.15. The van der Waals surface area contributed by atoms with Crippen molar-refractivity contribution >= 4 is 50.9 Å². The van der Waals surface area contributed by atoms with Gasteiger partial charge in [-0.25, -0.2) is 22.6 Å². The van der Waals surface area contributed by atoms with E-state index in [0.717, 1.165) is 12.3 Å². The number of amides is 2. The molecule has 1 fully saturated rings. The van der Waals surface area contributed by atoms with Gasteiger partial charge in [-0.2, -0.15) is 13.5 Å². The average Bonchev–Trinajstić information content (AvgIpc) is 3.11. The molecule has 0 spiro atoms. The fourth-order valence-corrected chi connectivity index (χ4v) is 3.29. The van der Waals surface area contributed by atoms with Crippen molar-refractivity contribution in [3.63, 3.8) is 0 Å². The summed E-state index contributed by atoms with van der Waals surface area (Å²) < 4.78 is 55.4. The van der Waals surface area contributed by atoms with Gasteiger partial charge in [0.05, 0.1) is 27.7 Å². The largest absolute Gasteiger partial charge is 0.439 e. The smallest absolute Gasteiger partial charge is 0.414 e. The van der Waals surface area contributed by atoms with Gasteiger partial charge in [0.2, 0.25) is 10.0 Å². The van der Waals surface area contributed by atoms with Gasteiger partial charge in [0.15, 0.2) is 6.61 Å². The topological polar surface area (TPSA) is 141 Å². The Morgan fingerprint density at radius 2 is 1.87 bits per heavy atom. The van der Waals surface area contributed by atoms with Crippen molar-refractivity contribution in [2.45, 2.75) is 13.5 Å². The second-order valence-electron chi connectivity index (χ2n) is 5.67. The second kappa shape index (κ2) is 8.97. The standard InChI is InChI=1S/C11H10Cl2F2N4O3S.C3H3NO3/c1-5-16-19(11(20)18(5)10(14)15)9-4-8(17-23(2,21)22)6(12)3-7(9)13;5-2-1-7-3(6)4-2/h3-4,10,17H,1-2H3;1H2,(H,4,5,6). The Kier molecular flexibility index (Phi) is 7.05. The molecule has 2 amide bonds. The molecule has 1 saturated heterocycles. The first kappa shape index (κ1) is 23.6. The molecular weight excluding hydrogens is 475 g/mol. The van der Waals surface area contributed by atoms with E-state index in [0.29, 0.717) is 4.68 Å². The summed E-state index contributed by atoms with van der Waals surface area (Å²) in [6.45, 7) is -1.97. The van der Waals surface area contributed by atoms with Gasteiger partial charge >= 0.3 is 18.3 Å². The van der Waals surface area contributed by atoms with Gasteiger partial charge in [0.1, 0.15) is 5.82 Å². The van der Waals surface area contributed by atoms with Crippen molar-refractivity contribution in [3.8, 4) is 5.69 Å². The number of imide groups is 1. The molecule has 2 N–H and O–H groups in total. The van der Waals surface area contributed by atoms with Crippen LogP contribution in [0.2, 0.25) is 10.0 Å². The molecule has 30 heavy (non-hydrogen) atoms. The minimum absolute atomic E-state index is 0.0257. The lowest BCUT2D eigenvalue weighted by Gasteiger charge is -2.10. The van der Waals surface area contributed by atoms with E-state index in [-0.39, 0.29) is 44.3 Å². The van der Waals surface area contributed by atoms with Crippen LogP contribution in [-0.4, -0.2) is 47.6 Å². The summed E-state index contributed by atoms with van der Waals surface area (Å²) in [5.41, 5.74) is -1.27.